The van der Waals surface area contributed by atoms with Crippen molar-refractivity contribution in [1.82, 2.24) is 9.97 Å². The summed E-state index contributed by atoms with van der Waals surface area (Å²) in [5, 5.41) is 3.74. The first-order chi connectivity index (χ1) is 13.2. The van der Waals surface area contributed by atoms with E-state index >= 15 is 0 Å². The quantitative estimate of drug-likeness (QED) is 0.711. The summed E-state index contributed by atoms with van der Waals surface area (Å²) < 4.78 is 33.0. The van der Waals surface area contributed by atoms with E-state index in [9.17, 15) is 8.78 Å². The molecule has 1 saturated heterocycles. The molecule has 3 rings (SSSR count). The Morgan fingerprint density at radius 2 is 2.07 bits per heavy atom. The molecule has 0 bridgehead atoms. The van der Waals surface area contributed by atoms with E-state index in [1.165, 1.54) is 4.90 Å². The van der Waals surface area contributed by atoms with E-state index in [1.54, 1.807) is 6.07 Å². The van der Waals surface area contributed by atoms with Gasteiger partial charge in [-0.05, 0) is 17.5 Å². The van der Waals surface area contributed by atoms with Gasteiger partial charge in [-0.3, -0.25) is 0 Å². The fourth-order valence-corrected chi connectivity index (χ4v) is 3.06. The minimum absolute atomic E-state index is 0.106. The maximum atomic E-state index is 13.7. The molecule has 1 aliphatic rings. The zero-order valence-corrected chi connectivity index (χ0v) is 16.6. The lowest BCUT2D eigenvalue weighted by Crippen LogP contribution is -2.27. The van der Waals surface area contributed by atoms with Crippen molar-refractivity contribution in [3.05, 3.63) is 34.9 Å². The SMILES string of the molecule is CC(C)COc1nc(NCc2ccccc2Cl)c(N)c(N2CCC(F)(F)C2)n1. The molecule has 1 fully saturated rings. The molecule has 152 valence electrons. The number of ether oxygens (including phenoxy) is 1. The fourth-order valence-electron chi connectivity index (χ4n) is 2.86. The predicted octanol–water partition coefficient (Wildman–Crippen LogP) is 4.20. The minimum Gasteiger partial charge on any atom is -0.463 e. The molecule has 2 heterocycles. The Kier molecular flexibility index (Phi) is 6.07. The highest BCUT2D eigenvalue weighted by Crippen LogP contribution is 2.36. The lowest BCUT2D eigenvalue weighted by molar-refractivity contribution is 0.0256. The van der Waals surface area contributed by atoms with Crippen LogP contribution in [0.25, 0.3) is 0 Å². The maximum absolute atomic E-state index is 13.7. The van der Waals surface area contributed by atoms with Gasteiger partial charge in [-0.1, -0.05) is 43.6 Å². The number of alkyl halides is 2. The third-order valence-corrected chi connectivity index (χ3v) is 4.69. The van der Waals surface area contributed by atoms with Crippen LogP contribution in [0.1, 0.15) is 25.8 Å². The van der Waals surface area contributed by atoms with Crippen LogP contribution < -0.4 is 20.7 Å². The number of aromatic nitrogens is 2. The average molecular weight is 412 g/mol. The van der Waals surface area contributed by atoms with E-state index < -0.39 is 12.5 Å². The third kappa shape index (κ3) is 4.92. The topological polar surface area (TPSA) is 76.3 Å². The first-order valence-corrected chi connectivity index (χ1v) is 9.53. The van der Waals surface area contributed by atoms with Gasteiger partial charge >= 0.3 is 6.01 Å². The van der Waals surface area contributed by atoms with Gasteiger partial charge < -0.3 is 20.7 Å². The summed E-state index contributed by atoms with van der Waals surface area (Å²) in [6.07, 6.45) is -0.235. The summed E-state index contributed by atoms with van der Waals surface area (Å²) in [4.78, 5) is 10.1. The van der Waals surface area contributed by atoms with Crippen LogP contribution >= 0.6 is 11.6 Å². The number of nitrogens with two attached hydrogens (primary N) is 1. The summed E-state index contributed by atoms with van der Waals surface area (Å²) in [6.45, 7) is 4.51. The van der Waals surface area contributed by atoms with Crippen molar-refractivity contribution in [3.8, 4) is 6.01 Å². The normalized spacial score (nSPS) is 15.9. The van der Waals surface area contributed by atoms with E-state index in [0.717, 1.165) is 5.56 Å². The van der Waals surface area contributed by atoms with Gasteiger partial charge in [-0.15, -0.1) is 0 Å². The molecule has 9 heteroatoms. The molecular weight excluding hydrogens is 388 g/mol. The highest BCUT2D eigenvalue weighted by atomic mass is 35.5. The van der Waals surface area contributed by atoms with Crippen LogP contribution in [0, 0.1) is 5.92 Å². The second kappa shape index (κ2) is 8.34. The highest BCUT2D eigenvalue weighted by molar-refractivity contribution is 6.31. The molecule has 3 N–H and O–H groups in total. The summed E-state index contributed by atoms with van der Waals surface area (Å²) in [7, 11) is 0. The lowest BCUT2D eigenvalue weighted by atomic mass is 10.2. The molecular formula is C19H24ClF2N5O. The highest BCUT2D eigenvalue weighted by Gasteiger charge is 2.40. The van der Waals surface area contributed by atoms with Crippen molar-refractivity contribution in [2.24, 2.45) is 5.92 Å². The molecule has 0 spiro atoms. The van der Waals surface area contributed by atoms with Crippen molar-refractivity contribution >= 4 is 28.9 Å². The van der Waals surface area contributed by atoms with Gasteiger partial charge in [-0.2, -0.15) is 9.97 Å². The summed E-state index contributed by atoms with van der Waals surface area (Å²) in [5.74, 6) is -1.91. The van der Waals surface area contributed by atoms with Crippen LogP contribution in [0.4, 0.5) is 26.1 Å². The number of anilines is 3. The molecule has 0 saturated carbocycles. The van der Waals surface area contributed by atoms with Crippen LogP contribution in [0.3, 0.4) is 0 Å². The standard InChI is InChI=1S/C19H24ClF2N5O/c1-12(2)10-28-18-25-16(24-9-13-5-3-4-6-14(13)20)15(23)17(26-18)27-8-7-19(21,22)11-27/h3-6,12H,7-11,23H2,1-2H3,(H,24,25,26). The second-order valence-electron chi connectivity index (χ2n) is 7.27. The molecule has 6 nitrogen and oxygen atoms in total. The molecule has 28 heavy (non-hydrogen) atoms. The van der Waals surface area contributed by atoms with Gasteiger partial charge in [0.05, 0.1) is 13.2 Å². The Bertz CT molecular complexity index is 834. The zero-order chi connectivity index (χ0) is 20.3. The number of hydrogen-bond donors (Lipinski definition) is 2. The Balaban J connectivity index is 1.87. The van der Waals surface area contributed by atoms with Gasteiger partial charge in [-0.25, -0.2) is 8.78 Å². The zero-order valence-electron chi connectivity index (χ0n) is 15.9. The van der Waals surface area contributed by atoms with E-state index in [1.807, 2.05) is 32.0 Å². The van der Waals surface area contributed by atoms with Crippen LogP contribution in [0.15, 0.2) is 24.3 Å². The fraction of sp³-hybridized carbons (Fsp3) is 0.474. The van der Waals surface area contributed by atoms with Crippen LogP contribution in [0.5, 0.6) is 6.01 Å². The van der Waals surface area contributed by atoms with Crippen LogP contribution in [-0.2, 0) is 6.54 Å². The van der Waals surface area contributed by atoms with E-state index in [2.05, 4.69) is 15.3 Å². The molecule has 2 aromatic rings. The summed E-state index contributed by atoms with van der Waals surface area (Å²) >= 11 is 6.19. The first kappa shape index (κ1) is 20.4. The van der Waals surface area contributed by atoms with Crippen molar-refractivity contribution < 1.29 is 13.5 Å². The van der Waals surface area contributed by atoms with E-state index in [4.69, 9.17) is 22.1 Å². The van der Waals surface area contributed by atoms with Crippen LogP contribution in [0.2, 0.25) is 5.02 Å². The lowest BCUT2D eigenvalue weighted by Gasteiger charge is -2.21. The first-order valence-electron chi connectivity index (χ1n) is 9.15. The van der Waals surface area contributed by atoms with Crippen molar-refractivity contribution in [2.45, 2.75) is 32.7 Å². The molecule has 1 aromatic carbocycles. The Morgan fingerprint density at radius 3 is 2.71 bits per heavy atom. The molecule has 0 unspecified atom stereocenters. The van der Waals surface area contributed by atoms with Crippen molar-refractivity contribution in [2.75, 3.05) is 35.6 Å². The van der Waals surface area contributed by atoms with E-state index in [0.29, 0.717) is 24.0 Å². The number of halogens is 3. The number of rotatable bonds is 7. The number of nitrogens with one attached hydrogen (secondary N) is 1. The second-order valence-corrected chi connectivity index (χ2v) is 7.68. The van der Waals surface area contributed by atoms with Gasteiger partial charge in [0.2, 0.25) is 0 Å². The van der Waals surface area contributed by atoms with Crippen molar-refractivity contribution in [1.29, 1.82) is 0 Å². The summed E-state index contributed by atoms with van der Waals surface area (Å²) in [6, 6.07) is 7.49. The largest absolute Gasteiger partial charge is 0.463 e. The maximum Gasteiger partial charge on any atom is 0.320 e. The summed E-state index contributed by atoms with van der Waals surface area (Å²) in [5.41, 5.74) is 7.29. The average Bonchev–Trinajstić information content (AvgIpc) is 3.00. The Labute approximate surface area is 168 Å². The molecule has 0 atom stereocenters. The molecule has 1 aromatic heterocycles. The number of benzene rings is 1. The van der Waals surface area contributed by atoms with Gasteiger partial charge in [0.25, 0.3) is 5.92 Å². The molecule has 0 radical (unpaired) electrons. The number of nitrogen functional groups attached to an aromatic ring is 1. The third-order valence-electron chi connectivity index (χ3n) is 4.32. The Hall–Kier alpha value is -2.35. The number of nitrogens with zero attached hydrogens (tertiary/aromatic N) is 3. The van der Waals surface area contributed by atoms with Crippen molar-refractivity contribution in [3.63, 3.8) is 0 Å². The smallest absolute Gasteiger partial charge is 0.320 e. The van der Waals surface area contributed by atoms with Gasteiger partial charge in [0.1, 0.15) is 5.69 Å². The van der Waals surface area contributed by atoms with Crippen LogP contribution in [-0.4, -0.2) is 35.6 Å². The number of hydrogen-bond acceptors (Lipinski definition) is 6. The molecule has 1 aliphatic heterocycles. The minimum atomic E-state index is -2.76. The molecule has 0 aliphatic carbocycles. The van der Waals surface area contributed by atoms with Gasteiger partial charge in [0, 0.05) is 24.5 Å². The monoisotopic (exact) mass is 411 g/mol. The molecule has 0 amide bonds. The van der Waals surface area contributed by atoms with Gasteiger partial charge in [0.15, 0.2) is 11.6 Å². The predicted molar refractivity (Wildman–Crippen MR) is 107 cm³/mol. The van der Waals surface area contributed by atoms with E-state index in [-0.39, 0.29) is 36.4 Å². The Morgan fingerprint density at radius 1 is 1.32 bits per heavy atom.